The van der Waals surface area contributed by atoms with Crippen molar-refractivity contribution in [2.24, 2.45) is 0 Å². The summed E-state index contributed by atoms with van der Waals surface area (Å²) in [5, 5.41) is 5.90. The molecule has 5 nitrogen and oxygen atoms in total. The van der Waals surface area contributed by atoms with Crippen LogP contribution >= 0.6 is 11.3 Å². The van der Waals surface area contributed by atoms with Gasteiger partial charge >= 0.3 is 0 Å². The highest BCUT2D eigenvalue weighted by Gasteiger charge is 2.14. The molecule has 0 spiro atoms. The first kappa shape index (κ1) is 19.6. The van der Waals surface area contributed by atoms with Crippen LogP contribution < -0.4 is 10.2 Å². The molecule has 150 valence electrons. The van der Waals surface area contributed by atoms with E-state index < -0.39 is 0 Å². The average Bonchev–Trinajstić information content (AvgIpc) is 3.18. The predicted octanol–water partition coefficient (Wildman–Crippen LogP) is 4.05. The average molecular weight is 407 g/mol. The Morgan fingerprint density at radius 3 is 2.41 bits per heavy atom. The van der Waals surface area contributed by atoms with E-state index in [4.69, 9.17) is 0 Å². The first-order chi connectivity index (χ1) is 14.1. The van der Waals surface area contributed by atoms with Gasteiger partial charge in [-0.05, 0) is 38.2 Å². The van der Waals surface area contributed by atoms with Crippen LogP contribution in [0.4, 0.5) is 11.4 Å². The molecule has 1 aromatic heterocycles. The summed E-state index contributed by atoms with van der Waals surface area (Å²) < 4.78 is 0. The highest BCUT2D eigenvalue weighted by atomic mass is 32.1. The van der Waals surface area contributed by atoms with Crippen molar-refractivity contribution in [3.63, 3.8) is 0 Å². The van der Waals surface area contributed by atoms with Crippen LogP contribution in [0.2, 0.25) is 0 Å². The topological polar surface area (TPSA) is 48.5 Å². The number of benzene rings is 2. The number of aryl methyl sites for hydroxylation is 1. The summed E-state index contributed by atoms with van der Waals surface area (Å²) in [6.07, 6.45) is 0.280. The van der Waals surface area contributed by atoms with E-state index in [0.29, 0.717) is 0 Å². The summed E-state index contributed by atoms with van der Waals surface area (Å²) >= 11 is 1.57. The number of rotatable bonds is 5. The first-order valence-electron chi connectivity index (χ1n) is 9.92. The van der Waals surface area contributed by atoms with Gasteiger partial charge < -0.3 is 15.1 Å². The molecule has 2 heterocycles. The smallest absolute Gasteiger partial charge is 0.230 e. The minimum Gasteiger partial charge on any atom is -0.369 e. The maximum atomic E-state index is 12.4. The second-order valence-corrected chi connectivity index (χ2v) is 8.43. The van der Waals surface area contributed by atoms with Gasteiger partial charge in [0.2, 0.25) is 5.91 Å². The lowest BCUT2D eigenvalue weighted by atomic mass is 10.2. The van der Waals surface area contributed by atoms with Crippen molar-refractivity contribution < 1.29 is 4.79 Å². The van der Waals surface area contributed by atoms with Gasteiger partial charge in [0.05, 0.1) is 12.1 Å². The molecule has 1 N–H and O–H groups in total. The highest BCUT2D eigenvalue weighted by molar-refractivity contribution is 7.13. The fraction of sp³-hybridized carbons (Fsp3) is 0.304. The summed E-state index contributed by atoms with van der Waals surface area (Å²) in [5.41, 5.74) is 5.15. The molecule has 1 aliphatic rings. The van der Waals surface area contributed by atoms with E-state index in [0.717, 1.165) is 48.1 Å². The monoisotopic (exact) mass is 406 g/mol. The lowest BCUT2D eigenvalue weighted by molar-refractivity contribution is -0.115. The lowest BCUT2D eigenvalue weighted by Gasteiger charge is -2.34. The van der Waals surface area contributed by atoms with E-state index in [1.54, 1.807) is 11.3 Å². The fourth-order valence-corrected chi connectivity index (χ4v) is 4.23. The van der Waals surface area contributed by atoms with Crippen molar-refractivity contribution in [2.45, 2.75) is 13.3 Å². The number of likely N-dealkylation sites (N-methyl/N-ethyl adjacent to an activating group) is 1. The predicted molar refractivity (Wildman–Crippen MR) is 121 cm³/mol. The van der Waals surface area contributed by atoms with Crippen molar-refractivity contribution in [3.8, 4) is 10.6 Å². The lowest BCUT2D eigenvalue weighted by Crippen LogP contribution is -2.44. The molecule has 4 rings (SSSR count). The van der Waals surface area contributed by atoms with Crippen LogP contribution in [0.25, 0.3) is 10.6 Å². The number of carbonyl (C=O) groups is 1. The zero-order chi connectivity index (χ0) is 20.2. The molecule has 0 saturated carbocycles. The largest absolute Gasteiger partial charge is 0.369 e. The number of hydrogen-bond donors (Lipinski definition) is 1. The van der Waals surface area contributed by atoms with Gasteiger partial charge in [-0.15, -0.1) is 11.3 Å². The maximum absolute atomic E-state index is 12.4. The second-order valence-electron chi connectivity index (χ2n) is 7.57. The third-order valence-electron chi connectivity index (χ3n) is 5.21. The molecular formula is C23H26N4OS. The van der Waals surface area contributed by atoms with Crippen LogP contribution in [-0.2, 0) is 11.2 Å². The van der Waals surface area contributed by atoms with Gasteiger partial charge in [-0.3, -0.25) is 4.79 Å². The third-order valence-corrected chi connectivity index (χ3v) is 6.15. The Hall–Kier alpha value is -2.70. The number of nitrogens with one attached hydrogen (secondary N) is 1. The number of hydrogen-bond acceptors (Lipinski definition) is 5. The maximum Gasteiger partial charge on any atom is 0.230 e. The molecule has 3 aromatic rings. The molecule has 1 amide bonds. The van der Waals surface area contributed by atoms with Gasteiger partial charge in [-0.1, -0.05) is 29.8 Å². The number of amides is 1. The Kier molecular flexibility index (Phi) is 5.92. The standard InChI is InChI=1S/C23H26N4OS/c1-17-3-5-18(6-4-17)23-25-20(16-29-23)15-22(28)24-19-7-9-21(10-8-19)27-13-11-26(2)12-14-27/h3-10,16H,11-15H2,1-2H3,(H,24,28). The molecule has 1 saturated heterocycles. The van der Waals surface area contributed by atoms with E-state index in [2.05, 4.69) is 70.5 Å². The van der Waals surface area contributed by atoms with Crippen LogP contribution in [0.5, 0.6) is 0 Å². The fourth-order valence-electron chi connectivity index (χ4n) is 3.41. The number of carbonyl (C=O) groups excluding carboxylic acids is 1. The van der Waals surface area contributed by atoms with Gasteiger partial charge in [0.15, 0.2) is 0 Å². The molecule has 1 fully saturated rings. The SMILES string of the molecule is Cc1ccc(-c2nc(CC(=O)Nc3ccc(N4CCN(C)CC4)cc3)cs2)cc1. The van der Waals surface area contributed by atoms with Gasteiger partial charge in [0.1, 0.15) is 5.01 Å². The first-order valence-corrected chi connectivity index (χ1v) is 10.8. The number of piperazine rings is 1. The van der Waals surface area contributed by atoms with Crippen molar-refractivity contribution in [1.29, 1.82) is 0 Å². The zero-order valence-corrected chi connectivity index (χ0v) is 17.7. The Labute approximate surface area is 176 Å². The molecule has 0 bridgehead atoms. The normalized spacial score (nSPS) is 14.8. The van der Waals surface area contributed by atoms with Crippen LogP contribution in [0.1, 0.15) is 11.3 Å². The Balaban J connectivity index is 1.33. The van der Waals surface area contributed by atoms with E-state index in [9.17, 15) is 4.79 Å². The Morgan fingerprint density at radius 2 is 1.72 bits per heavy atom. The van der Waals surface area contributed by atoms with E-state index in [1.165, 1.54) is 11.3 Å². The van der Waals surface area contributed by atoms with Crippen LogP contribution in [0.15, 0.2) is 53.9 Å². The van der Waals surface area contributed by atoms with E-state index in [-0.39, 0.29) is 12.3 Å². The van der Waals surface area contributed by atoms with E-state index in [1.807, 2.05) is 17.5 Å². The Morgan fingerprint density at radius 1 is 1.03 bits per heavy atom. The molecule has 0 aliphatic carbocycles. The highest BCUT2D eigenvalue weighted by Crippen LogP contribution is 2.24. The molecule has 0 unspecified atom stereocenters. The van der Waals surface area contributed by atoms with Crippen molar-refractivity contribution >= 4 is 28.6 Å². The minimum atomic E-state index is -0.0434. The van der Waals surface area contributed by atoms with E-state index >= 15 is 0 Å². The second kappa shape index (κ2) is 8.76. The van der Waals surface area contributed by atoms with Gasteiger partial charge in [0.25, 0.3) is 0 Å². The summed E-state index contributed by atoms with van der Waals surface area (Å²) in [7, 11) is 2.15. The molecule has 0 radical (unpaired) electrons. The quantitative estimate of drug-likeness (QED) is 0.694. The van der Waals surface area contributed by atoms with Crippen molar-refractivity contribution in [2.75, 3.05) is 43.4 Å². The molecular weight excluding hydrogens is 380 g/mol. The summed E-state index contributed by atoms with van der Waals surface area (Å²) in [5.74, 6) is -0.0434. The summed E-state index contributed by atoms with van der Waals surface area (Å²) in [4.78, 5) is 21.8. The minimum absolute atomic E-state index is 0.0434. The van der Waals surface area contributed by atoms with Crippen molar-refractivity contribution in [3.05, 3.63) is 65.2 Å². The molecule has 6 heteroatoms. The Bertz CT molecular complexity index is 957. The van der Waals surface area contributed by atoms with Crippen LogP contribution in [0, 0.1) is 6.92 Å². The van der Waals surface area contributed by atoms with Gasteiger partial charge in [0, 0.05) is 48.5 Å². The molecule has 2 aromatic carbocycles. The third kappa shape index (κ3) is 5.02. The van der Waals surface area contributed by atoms with Crippen LogP contribution in [0.3, 0.4) is 0 Å². The number of aromatic nitrogens is 1. The number of nitrogens with zero attached hydrogens (tertiary/aromatic N) is 3. The molecule has 0 atom stereocenters. The number of thiazole rings is 1. The van der Waals surface area contributed by atoms with Crippen LogP contribution in [-0.4, -0.2) is 49.0 Å². The summed E-state index contributed by atoms with van der Waals surface area (Å²) in [6.45, 7) is 6.30. The van der Waals surface area contributed by atoms with Gasteiger partial charge in [-0.25, -0.2) is 4.98 Å². The molecule has 29 heavy (non-hydrogen) atoms. The number of anilines is 2. The molecule has 1 aliphatic heterocycles. The van der Waals surface area contributed by atoms with Crippen molar-refractivity contribution in [1.82, 2.24) is 9.88 Å². The van der Waals surface area contributed by atoms with Gasteiger partial charge in [-0.2, -0.15) is 0 Å². The zero-order valence-electron chi connectivity index (χ0n) is 16.9. The summed E-state index contributed by atoms with van der Waals surface area (Å²) in [6, 6.07) is 16.4.